The van der Waals surface area contributed by atoms with Crippen molar-refractivity contribution in [1.29, 1.82) is 0 Å². The zero-order chi connectivity index (χ0) is 9.84. The molecule has 13 heavy (non-hydrogen) atoms. The molecule has 0 saturated carbocycles. The van der Waals surface area contributed by atoms with Gasteiger partial charge in [0.1, 0.15) is 11.5 Å². The predicted octanol–water partition coefficient (Wildman–Crippen LogP) is 1.43. The van der Waals surface area contributed by atoms with E-state index in [0.717, 1.165) is 0 Å². The van der Waals surface area contributed by atoms with Crippen LogP contribution in [0.5, 0.6) is 5.75 Å². The Morgan fingerprint density at radius 1 is 1.31 bits per heavy atom. The van der Waals surface area contributed by atoms with Crippen LogP contribution >= 0.6 is 0 Å². The minimum absolute atomic E-state index is 0.0192. The van der Waals surface area contributed by atoms with E-state index < -0.39 is 0 Å². The number of phenols is 1. The highest BCUT2D eigenvalue weighted by molar-refractivity contribution is 6.45. The topological polar surface area (TPSA) is 69.9 Å². The van der Waals surface area contributed by atoms with Crippen LogP contribution in [-0.4, -0.2) is 21.8 Å². The summed E-state index contributed by atoms with van der Waals surface area (Å²) in [6.07, 6.45) is 0. The lowest BCUT2D eigenvalue weighted by Crippen LogP contribution is -2.09. The maximum Gasteiger partial charge on any atom is 0.210 e. The van der Waals surface area contributed by atoms with Gasteiger partial charge in [-0.3, -0.25) is 4.79 Å². The number of aromatic hydroxyl groups is 1. The van der Waals surface area contributed by atoms with Crippen LogP contribution in [0, 0.1) is 0 Å². The predicted molar refractivity (Wildman–Crippen MR) is 47.3 cm³/mol. The Morgan fingerprint density at radius 2 is 1.85 bits per heavy atom. The van der Waals surface area contributed by atoms with Crippen molar-refractivity contribution in [3.63, 3.8) is 0 Å². The second-order valence-electron chi connectivity index (χ2n) is 2.56. The zero-order valence-electron chi connectivity index (χ0n) is 7.06. The number of hydrogen-bond acceptors (Lipinski definition) is 4. The van der Waals surface area contributed by atoms with Crippen LogP contribution in [0.2, 0.25) is 0 Å². The molecule has 68 valence electrons. The number of oxime groups is 1. The van der Waals surface area contributed by atoms with Gasteiger partial charge in [-0.15, -0.1) is 0 Å². The molecule has 0 saturated heterocycles. The molecule has 0 bridgehead atoms. The Morgan fingerprint density at radius 3 is 2.31 bits per heavy atom. The first kappa shape index (κ1) is 9.25. The molecule has 0 spiro atoms. The van der Waals surface area contributed by atoms with E-state index in [4.69, 9.17) is 10.3 Å². The average molecular weight is 179 g/mol. The fourth-order valence-corrected chi connectivity index (χ4v) is 0.867. The molecule has 0 aliphatic heterocycles. The number of carbonyl (C=O) groups is 1. The number of ketones is 1. The molecule has 0 radical (unpaired) electrons. The second-order valence-corrected chi connectivity index (χ2v) is 2.56. The first-order valence-electron chi connectivity index (χ1n) is 3.67. The standard InChI is InChI=1S/C9H9NO3/c1-6(10-13)9(12)7-2-4-8(11)5-3-7/h2-5,11,13H,1H3. The summed E-state index contributed by atoms with van der Waals surface area (Å²) in [5.41, 5.74) is 0.402. The Kier molecular flexibility index (Phi) is 2.64. The summed E-state index contributed by atoms with van der Waals surface area (Å²) in [6.45, 7) is 1.41. The van der Waals surface area contributed by atoms with Crippen LogP contribution in [-0.2, 0) is 0 Å². The van der Waals surface area contributed by atoms with E-state index in [1.165, 1.54) is 31.2 Å². The molecule has 0 fully saturated rings. The maximum atomic E-state index is 11.3. The van der Waals surface area contributed by atoms with E-state index in [0.29, 0.717) is 5.56 Å². The highest BCUT2D eigenvalue weighted by atomic mass is 16.4. The largest absolute Gasteiger partial charge is 0.508 e. The summed E-state index contributed by atoms with van der Waals surface area (Å²) in [7, 11) is 0. The van der Waals surface area contributed by atoms with Crippen LogP contribution < -0.4 is 0 Å². The highest BCUT2D eigenvalue weighted by Crippen LogP contribution is 2.10. The lowest BCUT2D eigenvalue weighted by molar-refractivity contribution is 0.106. The number of rotatable bonds is 2. The van der Waals surface area contributed by atoms with E-state index in [1.54, 1.807) is 0 Å². The van der Waals surface area contributed by atoms with Gasteiger partial charge in [0.25, 0.3) is 0 Å². The molecule has 0 atom stereocenters. The molecule has 4 heteroatoms. The summed E-state index contributed by atoms with van der Waals surface area (Å²) in [5, 5.41) is 20.1. The molecular weight excluding hydrogens is 170 g/mol. The van der Waals surface area contributed by atoms with Gasteiger partial charge in [0.15, 0.2) is 0 Å². The van der Waals surface area contributed by atoms with E-state index in [-0.39, 0.29) is 17.2 Å². The number of phenolic OH excluding ortho intramolecular Hbond substituents is 1. The van der Waals surface area contributed by atoms with Crippen molar-refractivity contribution in [3.8, 4) is 5.75 Å². The fraction of sp³-hybridized carbons (Fsp3) is 0.111. The van der Waals surface area contributed by atoms with Crippen molar-refractivity contribution in [2.24, 2.45) is 5.16 Å². The van der Waals surface area contributed by atoms with Crippen LogP contribution in [0.25, 0.3) is 0 Å². The molecule has 1 aromatic rings. The number of carbonyl (C=O) groups excluding carboxylic acids is 1. The summed E-state index contributed by atoms with van der Waals surface area (Å²) in [5.74, 6) is -0.266. The minimum Gasteiger partial charge on any atom is -0.508 e. The lowest BCUT2D eigenvalue weighted by Gasteiger charge is -1.98. The molecule has 2 N–H and O–H groups in total. The van der Waals surface area contributed by atoms with E-state index in [1.807, 2.05) is 0 Å². The SMILES string of the molecule is CC(=NO)C(=O)c1ccc(O)cc1. The molecule has 0 aromatic heterocycles. The second kappa shape index (κ2) is 3.71. The van der Waals surface area contributed by atoms with Gasteiger partial charge in [0, 0.05) is 5.56 Å². The third-order valence-electron chi connectivity index (χ3n) is 1.61. The van der Waals surface area contributed by atoms with Gasteiger partial charge < -0.3 is 10.3 Å². The smallest absolute Gasteiger partial charge is 0.210 e. The molecule has 0 aliphatic carbocycles. The van der Waals surface area contributed by atoms with Crippen LogP contribution in [0.15, 0.2) is 29.4 Å². The van der Waals surface area contributed by atoms with Crippen molar-refractivity contribution in [1.82, 2.24) is 0 Å². The van der Waals surface area contributed by atoms with E-state index >= 15 is 0 Å². The number of Topliss-reactive ketones (excluding diaryl/α,β-unsaturated/α-hetero) is 1. The summed E-state index contributed by atoms with van der Waals surface area (Å²) >= 11 is 0. The van der Waals surface area contributed by atoms with Gasteiger partial charge in [0.2, 0.25) is 5.78 Å². The molecule has 0 amide bonds. The highest BCUT2D eigenvalue weighted by Gasteiger charge is 2.09. The first-order valence-corrected chi connectivity index (χ1v) is 3.67. The van der Waals surface area contributed by atoms with Gasteiger partial charge >= 0.3 is 0 Å². The van der Waals surface area contributed by atoms with Gasteiger partial charge in [-0.1, -0.05) is 5.16 Å². The van der Waals surface area contributed by atoms with Crippen LogP contribution in [0.1, 0.15) is 17.3 Å². The quantitative estimate of drug-likeness (QED) is 0.312. The summed E-state index contributed by atoms with van der Waals surface area (Å²) in [4.78, 5) is 11.3. The Labute approximate surface area is 75.1 Å². The van der Waals surface area contributed by atoms with Crippen LogP contribution in [0.3, 0.4) is 0 Å². The maximum absolute atomic E-state index is 11.3. The van der Waals surface area contributed by atoms with E-state index in [9.17, 15) is 4.79 Å². The van der Waals surface area contributed by atoms with Crippen molar-refractivity contribution in [3.05, 3.63) is 29.8 Å². The van der Waals surface area contributed by atoms with Gasteiger partial charge in [-0.2, -0.15) is 0 Å². The number of nitrogens with zero attached hydrogens (tertiary/aromatic N) is 1. The van der Waals surface area contributed by atoms with Crippen molar-refractivity contribution < 1.29 is 15.1 Å². The summed E-state index contributed by atoms with van der Waals surface area (Å²) < 4.78 is 0. The first-order chi connectivity index (χ1) is 6.15. The van der Waals surface area contributed by atoms with Crippen molar-refractivity contribution in [2.75, 3.05) is 0 Å². The minimum atomic E-state index is -0.359. The van der Waals surface area contributed by atoms with Crippen molar-refractivity contribution in [2.45, 2.75) is 6.92 Å². The van der Waals surface area contributed by atoms with Gasteiger partial charge in [-0.05, 0) is 31.2 Å². The van der Waals surface area contributed by atoms with Crippen molar-refractivity contribution >= 4 is 11.5 Å². The monoisotopic (exact) mass is 179 g/mol. The summed E-state index contributed by atoms with van der Waals surface area (Å²) in [6, 6.07) is 5.73. The molecule has 1 rings (SSSR count). The number of benzene rings is 1. The number of hydrogen-bond donors (Lipinski definition) is 2. The Bertz CT molecular complexity index is 340. The third-order valence-corrected chi connectivity index (χ3v) is 1.61. The molecule has 4 nitrogen and oxygen atoms in total. The van der Waals surface area contributed by atoms with Crippen LogP contribution in [0.4, 0.5) is 0 Å². The van der Waals surface area contributed by atoms with Gasteiger partial charge in [-0.25, -0.2) is 0 Å². The van der Waals surface area contributed by atoms with E-state index in [2.05, 4.69) is 5.16 Å². The zero-order valence-corrected chi connectivity index (χ0v) is 7.06. The fourth-order valence-electron chi connectivity index (χ4n) is 0.867. The average Bonchev–Trinajstić information content (AvgIpc) is 2.17. The molecule has 0 heterocycles. The Balaban J connectivity index is 2.97. The third kappa shape index (κ3) is 2.05. The Hall–Kier alpha value is -1.84. The normalized spacial score (nSPS) is 11.3. The molecule has 0 aliphatic rings. The lowest BCUT2D eigenvalue weighted by atomic mass is 10.1. The molecule has 0 unspecified atom stereocenters. The molecular formula is C9H9NO3. The molecule has 1 aromatic carbocycles. The van der Waals surface area contributed by atoms with Gasteiger partial charge in [0.05, 0.1) is 0 Å².